The number of oxime groups is 1. The van der Waals surface area contributed by atoms with Crippen molar-refractivity contribution in [1.29, 1.82) is 0 Å². The van der Waals surface area contributed by atoms with Gasteiger partial charge in [0.1, 0.15) is 11.4 Å². The Labute approximate surface area is 109 Å². The van der Waals surface area contributed by atoms with E-state index >= 15 is 0 Å². The molecule has 0 bridgehead atoms. The van der Waals surface area contributed by atoms with Crippen molar-refractivity contribution in [2.45, 2.75) is 25.3 Å². The van der Waals surface area contributed by atoms with Crippen LogP contribution >= 0.6 is 0 Å². The molecule has 0 aromatic carbocycles. The highest BCUT2D eigenvalue weighted by Gasteiger charge is 2.32. The van der Waals surface area contributed by atoms with Crippen LogP contribution in [-0.4, -0.2) is 28.0 Å². The van der Waals surface area contributed by atoms with Crippen molar-refractivity contribution in [3.8, 4) is 0 Å². The second kappa shape index (κ2) is 5.55. The zero-order valence-electron chi connectivity index (χ0n) is 10.3. The van der Waals surface area contributed by atoms with Gasteiger partial charge in [-0.25, -0.2) is 0 Å². The molecular weight excluding hydrogens is 248 g/mol. The first-order valence-electron chi connectivity index (χ1n) is 6.09. The summed E-state index contributed by atoms with van der Waals surface area (Å²) in [7, 11) is 0. The minimum absolute atomic E-state index is 0.0626. The molecule has 0 spiro atoms. The van der Waals surface area contributed by atoms with Gasteiger partial charge in [0.25, 0.3) is 5.91 Å². The SMILES string of the molecule is N/C(=N/O)C1CCCC1NC(=O)c1c[nH]ccc1=O. The van der Waals surface area contributed by atoms with Gasteiger partial charge in [0.2, 0.25) is 0 Å². The standard InChI is InChI=1S/C12H16N4O3/c13-11(16-19)7-2-1-3-9(7)15-12(18)8-6-14-5-4-10(8)17/h4-7,9,19H,1-3H2,(H2,13,16)(H,14,17)(H,15,18). The third-order valence-electron chi connectivity index (χ3n) is 3.40. The predicted molar refractivity (Wildman–Crippen MR) is 69.1 cm³/mol. The number of hydrogen-bond donors (Lipinski definition) is 4. The molecule has 1 heterocycles. The van der Waals surface area contributed by atoms with Crippen molar-refractivity contribution in [2.24, 2.45) is 16.8 Å². The zero-order chi connectivity index (χ0) is 13.8. The van der Waals surface area contributed by atoms with E-state index in [1.54, 1.807) is 0 Å². The van der Waals surface area contributed by atoms with Crippen LogP contribution in [0, 0.1) is 5.92 Å². The van der Waals surface area contributed by atoms with Gasteiger partial charge in [-0.15, -0.1) is 0 Å². The molecule has 1 saturated carbocycles. The number of nitrogens with one attached hydrogen (secondary N) is 2. The summed E-state index contributed by atoms with van der Waals surface area (Å²) in [4.78, 5) is 26.2. The highest BCUT2D eigenvalue weighted by Crippen LogP contribution is 2.25. The van der Waals surface area contributed by atoms with Gasteiger partial charge in [0.05, 0.1) is 0 Å². The molecule has 102 valence electrons. The second-order valence-corrected chi connectivity index (χ2v) is 4.56. The largest absolute Gasteiger partial charge is 0.409 e. The fourth-order valence-corrected chi connectivity index (χ4v) is 2.40. The van der Waals surface area contributed by atoms with Crippen molar-refractivity contribution in [3.63, 3.8) is 0 Å². The number of carbonyl (C=O) groups excluding carboxylic acids is 1. The molecule has 1 amide bonds. The van der Waals surface area contributed by atoms with E-state index in [0.29, 0.717) is 0 Å². The molecule has 0 aliphatic heterocycles. The summed E-state index contributed by atoms with van der Waals surface area (Å²) in [6, 6.07) is 1.09. The summed E-state index contributed by atoms with van der Waals surface area (Å²) in [6.45, 7) is 0. The molecule has 19 heavy (non-hydrogen) atoms. The maximum atomic E-state index is 12.0. The monoisotopic (exact) mass is 264 g/mol. The van der Waals surface area contributed by atoms with Gasteiger partial charge in [0, 0.05) is 30.4 Å². The van der Waals surface area contributed by atoms with Crippen LogP contribution in [0.5, 0.6) is 0 Å². The average molecular weight is 264 g/mol. The van der Waals surface area contributed by atoms with E-state index in [1.807, 2.05) is 0 Å². The van der Waals surface area contributed by atoms with Crippen LogP contribution < -0.4 is 16.5 Å². The highest BCUT2D eigenvalue weighted by atomic mass is 16.4. The number of amides is 1. The fraction of sp³-hybridized carbons (Fsp3) is 0.417. The molecule has 1 aromatic rings. The maximum Gasteiger partial charge on any atom is 0.256 e. The number of aromatic amines is 1. The molecule has 1 fully saturated rings. The number of nitrogens with zero attached hydrogens (tertiary/aromatic N) is 1. The molecule has 0 saturated heterocycles. The van der Waals surface area contributed by atoms with Crippen LogP contribution in [0.3, 0.4) is 0 Å². The lowest BCUT2D eigenvalue weighted by Crippen LogP contribution is -2.43. The predicted octanol–water partition coefficient (Wildman–Crippen LogP) is 0.0198. The number of pyridine rings is 1. The lowest BCUT2D eigenvalue weighted by molar-refractivity contribution is 0.0932. The van der Waals surface area contributed by atoms with Crippen LogP contribution in [0.25, 0.3) is 0 Å². The van der Waals surface area contributed by atoms with E-state index in [9.17, 15) is 9.59 Å². The zero-order valence-corrected chi connectivity index (χ0v) is 10.3. The van der Waals surface area contributed by atoms with Gasteiger partial charge in [-0.3, -0.25) is 9.59 Å². The molecule has 1 aromatic heterocycles. The first kappa shape index (κ1) is 13.1. The molecule has 2 unspecified atom stereocenters. The van der Waals surface area contributed by atoms with Crippen LogP contribution in [0.2, 0.25) is 0 Å². The fourth-order valence-electron chi connectivity index (χ4n) is 2.40. The third-order valence-corrected chi connectivity index (χ3v) is 3.40. The Morgan fingerprint density at radius 2 is 2.32 bits per heavy atom. The Morgan fingerprint density at radius 1 is 1.53 bits per heavy atom. The smallest absolute Gasteiger partial charge is 0.256 e. The van der Waals surface area contributed by atoms with E-state index in [1.165, 1.54) is 18.5 Å². The Kier molecular flexibility index (Phi) is 3.84. The molecule has 2 atom stereocenters. The van der Waals surface area contributed by atoms with Crippen LogP contribution in [0.15, 0.2) is 28.4 Å². The van der Waals surface area contributed by atoms with Gasteiger partial charge in [-0.05, 0) is 12.8 Å². The Balaban J connectivity index is 2.11. The van der Waals surface area contributed by atoms with E-state index in [4.69, 9.17) is 10.9 Å². The number of H-pyrrole nitrogens is 1. The van der Waals surface area contributed by atoms with E-state index in [2.05, 4.69) is 15.5 Å². The summed E-state index contributed by atoms with van der Waals surface area (Å²) < 4.78 is 0. The summed E-state index contributed by atoms with van der Waals surface area (Å²) >= 11 is 0. The van der Waals surface area contributed by atoms with Crippen LogP contribution in [0.1, 0.15) is 29.6 Å². The lowest BCUT2D eigenvalue weighted by Gasteiger charge is -2.19. The molecule has 7 heteroatoms. The third kappa shape index (κ3) is 2.75. The molecule has 0 radical (unpaired) electrons. The van der Waals surface area contributed by atoms with Crippen molar-refractivity contribution in [3.05, 3.63) is 34.2 Å². The molecule has 5 N–H and O–H groups in total. The lowest BCUT2D eigenvalue weighted by atomic mass is 10.0. The van der Waals surface area contributed by atoms with Crippen molar-refractivity contribution in [2.75, 3.05) is 0 Å². The molecular formula is C12H16N4O3. The van der Waals surface area contributed by atoms with E-state index < -0.39 is 5.91 Å². The minimum atomic E-state index is -0.440. The summed E-state index contributed by atoms with van der Waals surface area (Å²) in [5.41, 5.74) is 5.32. The number of nitrogens with two attached hydrogens (primary N) is 1. The quantitative estimate of drug-likeness (QED) is 0.266. The van der Waals surface area contributed by atoms with Gasteiger partial charge < -0.3 is 21.2 Å². The van der Waals surface area contributed by atoms with Crippen molar-refractivity contribution in [1.82, 2.24) is 10.3 Å². The summed E-state index contributed by atoms with van der Waals surface area (Å²) in [6.07, 6.45) is 5.22. The van der Waals surface area contributed by atoms with Gasteiger partial charge in [-0.1, -0.05) is 11.6 Å². The number of rotatable bonds is 3. The van der Waals surface area contributed by atoms with E-state index in [0.717, 1.165) is 19.3 Å². The Hall–Kier alpha value is -2.31. The molecule has 1 aliphatic carbocycles. The first-order valence-corrected chi connectivity index (χ1v) is 6.09. The number of amidine groups is 1. The van der Waals surface area contributed by atoms with Gasteiger partial charge >= 0.3 is 0 Å². The molecule has 7 nitrogen and oxygen atoms in total. The van der Waals surface area contributed by atoms with Gasteiger partial charge in [-0.2, -0.15) is 0 Å². The average Bonchev–Trinajstić information content (AvgIpc) is 2.86. The number of aromatic nitrogens is 1. The molecule has 2 rings (SSSR count). The summed E-state index contributed by atoms with van der Waals surface area (Å²) in [5, 5.41) is 14.5. The minimum Gasteiger partial charge on any atom is -0.409 e. The number of carbonyl (C=O) groups is 1. The Bertz CT molecular complexity index is 552. The normalized spacial score (nSPS) is 23.3. The first-order chi connectivity index (χ1) is 9.13. The topological polar surface area (TPSA) is 121 Å². The van der Waals surface area contributed by atoms with Crippen LogP contribution in [0.4, 0.5) is 0 Å². The summed E-state index contributed by atoms with van der Waals surface area (Å²) in [5.74, 6) is -0.508. The van der Waals surface area contributed by atoms with Crippen LogP contribution in [-0.2, 0) is 0 Å². The van der Waals surface area contributed by atoms with Crippen molar-refractivity contribution >= 4 is 11.7 Å². The van der Waals surface area contributed by atoms with Crippen molar-refractivity contribution < 1.29 is 10.0 Å². The van der Waals surface area contributed by atoms with Gasteiger partial charge in [0.15, 0.2) is 5.43 Å². The number of hydrogen-bond acceptors (Lipinski definition) is 4. The Morgan fingerprint density at radius 3 is 3.00 bits per heavy atom. The highest BCUT2D eigenvalue weighted by molar-refractivity contribution is 5.94. The molecule has 1 aliphatic rings. The maximum absolute atomic E-state index is 12.0. The second-order valence-electron chi connectivity index (χ2n) is 4.56. The van der Waals surface area contributed by atoms with E-state index in [-0.39, 0.29) is 28.8 Å².